The van der Waals surface area contributed by atoms with Gasteiger partial charge >= 0.3 is 0 Å². The summed E-state index contributed by atoms with van der Waals surface area (Å²) >= 11 is 0. The molecule has 0 bridgehead atoms. The van der Waals surface area contributed by atoms with Gasteiger partial charge < -0.3 is 5.73 Å². The van der Waals surface area contributed by atoms with Gasteiger partial charge in [0.15, 0.2) is 0 Å². The van der Waals surface area contributed by atoms with Gasteiger partial charge in [0.25, 0.3) is 0 Å². The van der Waals surface area contributed by atoms with Gasteiger partial charge in [-0.3, -0.25) is 4.90 Å². The largest absolute Gasteiger partial charge is 0.329 e. The summed E-state index contributed by atoms with van der Waals surface area (Å²) < 4.78 is 0. The molecular formula is C10H22N2. The van der Waals surface area contributed by atoms with Crippen LogP contribution in [0.3, 0.4) is 0 Å². The zero-order chi connectivity index (χ0) is 8.97. The smallest absolute Gasteiger partial charge is 0.0192 e. The second-order valence-corrected chi connectivity index (χ2v) is 3.85. The summed E-state index contributed by atoms with van der Waals surface area (Å²) in [5.74, 6) is 0. The van der Waals surface area contributed by atoms with Crippen molar-refractivity contribution in [1.82, 2.24) is 4.90 Å². The average Bonchev–Trinajstić information content (AvgIpc) is 2.58. The second-order valence-electron chi connectivity index (χ2n) is 3.85. The first-order valence-electron chi connectivity index (χ1n) is 5.25. The first-order valence-corrected chi connectivity index (χ1v) is 5.25. The van der Waals surface area contributed by atoms with Crippen LogP contribution < -0.4 is 5.73 Å². The fourth-order valence-electron chi connectivity index (χ4n) is 2.30. The van der Waals surface area contributed by atoms with E-state index in [0.29, 0.717) is 6.04 Å². The molecule has 2 nitrogen and oxygen atoms in total. The van der Waals surface area contributed by atoms with Crippen molar-refractivity contribution < 1.29 is 0 Å². The number of nitrogens with zero attached hydrogens (tertiary/aromatic N) is 1. The lowest BCUT2D eigenvalue weighted by Gasteiger charge is -2.32. The minimum absolute atomic E-state index is 0.568. The molecule has 0 aromatic rings. The number of nitrogens with two attached hydrogens (primary N) is 1. The molecule has 0 heterocycles. The van der Waals surface area contributed by atoms with Crippen LogP contribution in [0.15, 0.2) is 0 Å². The maximum Gasteiger partial charge on any atom is 0.0192 e. The fraction of sp³-hybridized carbons (Fsp3) is 1.00. The summed E-state index contributed by atoms with van der Waals surface area (Å²) in [6, 6.07) is 1.40. The van der Waals surface area contributed by atoms with Crippen molar-refractivity contribution in [3.8, 4) is 0 Å². The van der Waals surface area contributed by atoms with Crippen molar-refractivity contribution in [1.29, 1.82) is 0 Å². The van der Waals surface area contributed by atoms with Crippen molar-refractivity contribution in [3.05, 3.63) is 0 Å². The highest BCUT2D eigenvalue weighted by atomic mass is 15.2. The Morgan fingerprint density at radius 3 is 2.42 bits per heavy atom. The third-order valence-electron chi connectivity index (χ3n) is 3.07. The Bertz CT molecular complexity index is 119. The topological polar surface area (TPSA) is 29.3 Å². The summed E-state index contributed by atoms with van der Waals surface area (Å²) in [6.45, 7) is 6.43. The average molecular weight is 170 g/mol. The highest BCUT2D eigenvalue weighted by Crippen LogP contribution is 2.24. The Balaban J connectivity index is 2.42. The lowest BCUT2D eigenvalue weighted by atomic mass is 10.1. The van der Waals surface area contributed by atoms with E-state index >= 15 is 0 Å². The Morgan fingerprint density at radius 1 is 1.42 bits per heavy atom. The standard InChI is InChI=1S/C10H22N2/c1-3-12(9(2)8-11)10-6-4-5-7-10/h9-10H,3-8,11H2,1-2H3. The SMILES string of the molecule is CCN(C(C)CN)C1CCCC1. The summed E-state index contributed by atoms with van der Waals surface area (Å²) in [7, 11) is 0. The van der Waals surface area contributed by atoms with E-state index in [1.165, 1.54) is 25.7 Å². The van der Waals surface area contributed by atoms with Gasteiger partial charge in [0, 0.05) is 18.6 Å². The molecule has 0 aromatic heterocycles. The molecule has 0 amide bonds. The Labute approximate surface area is 76.1 Å². The second kappa shape index (κ2) is 4.83. The molecule has 0 radical (unpaired) electrons. The first kappa shape index (κ1) is 10.0. The predicted octanol–water partition coefficient (Wildman–Crippen LogP) is 1.60. The van der Waals surface area contributed by atoms with Crippen LogP contribution in [0.1, 0.15) is 39.5 Å². The van der Waals surface area contributed by atoms with Gasteiger partial charge in [-0.2, -0.15) is 0 Å². The van der Waals surface area contributed by atoms with Gasteiger partial charge in [0.2, 0.25) is 0 Å². The van der Waals surface area contributed by atoms with Gasteiger partial charge in [-0.1, -0.05) is 19.8 Å². The third-order valence-corrected chi connectivity index (χ3v) is 3.07. The lowest BCUT2D eigenvalue weighted by Crippen LogP contribution is -2.43. The van der Waals surface area contributed by atoms with Crippen LogP contribution in [0.25, 0.3) is 0 Å². The number of likely N-dealkylation sites (N-methyl/N-ethyl adjacent to an activating group) is 1. The van der Waals surface area contributed by atoms with Crippen molar-refractivity contribution in [2.24, 2.45) is 5.73 Å². The van der Waals surface area contributed by atoms with E-state index in [9.17, 15) is 0 Å². The Morgan fingerprint density at radius 2 is 2.00 bits per heavy atom. The van der Waals surface area contributed by atoms with Crippen LogP contribution in [-0.2, 0) is 0 Å². The molecule has 1 rings (SSSR count). The molecule has 1 aliphatic rings. The highest BCUT2D eigenvalue weighted by molar-refractivity contribution is 4.80. The summed E-state index contributed by atoms with van der Waals surface area (Å²) in [6.07, 6.45) is 5.60. The number of hydrogen-bond acceptors (Lipinski definition) is 2. The fourth-order valence-corrected chi connectivity index (χ4v) is 2.30. The molecule has 0 saturated heterocycles. The van der Waals surface area contributed by atoms with E-state index < -0.39 is 0 Å². The van der Waals surface area contributed by atoms with Gasteiger partial charge in [-0.25, -0.2) is 0 Å². The highest BCUT2D eigenvalue weighted by Gasteiger charge is 2.23. The molecule has 1 aliphatic carbocycles. The first-order chi connectivity index (χ1) is 5.79. The molecule has 0 spiro atoms. The Hall–Kier alpha value is -0.0800. The molecule has 2 heteroatoms. The monoisotopic (exact) mass is 170 g/mol. The van der Waals surface area contributed by atoms with Crippen LogP contribution in [0, 0.1) is 0 Å². The Kier molecular flexibility index (Phi) is 4.02. The predicted molar refractivity (Wildman–Crippen MR) is 53.2 cm³/mol. The third kappa shape index (κ3) is 2.20. The normalized spacial score (nSPS) is 22.0. The molecule has 0 aromatic carbocycles. The quantitative estimate of drug-likeness (QED) is 0.694. The molecule has 1 atom stereocenters. The zero-order valence-electron chi connectivity index (χ0n) is 8.42. The van der Waals surface area contributed by atoms with Crippen molar-refractivity contribution in [2.45, 2.75) is 51.6 Å². The molecular weight excluding hydrogens is 148 g/mol. The van der Waals surface area contributed by atoms with E-state index in [2.05, 4.69) is 18.7 Å². The maximum atomic E-state index is 5.67. The van der Waals surface area contributed by atoms with Gasteiger partial charge in [-0.05, 0) is 26.3 Å². The number of rotatable bonds is 4. The molecule has 0 aliphatic heterocycles. The van der Waals surface area contributed by atoms with Gasteiger partial charge in [0.1, 0.15) is 0 Å². The van der Waals surface area contributed by atoms with Crippen molar-refractivity contribution >= 4 is 0 Å². The zero-order valence-corrected chi connectivity index (χ0v) is 8.42. The molecule has 1 saturated carbocycles. The molecule has 12 heavy (non-hydrogen) atoms. The van der Waals surface area contributed by atoms with Gasteiger partial charge in [0.05, 0.1) is 0 Å². The van der Waals surface area contributed by atoms with E-state index in [1.807, 2.05) is 0 Å². The van der Waals surface area contributed by atoms with Gasteiger partial charge in [-0.15, -0.1) is 0 Å². The summed E-state index contributed by atoms with van der Waals surface area (Å²) in [5.41, 5.74) is 5.67. The summed E-state index contributed by atoms with van der Waals surface area (Å²) in [5, 5.41) is 0. The lowest BCUT2D eigenvalue weighted by molar-refractivity contribution is 0.158. The van der Waals surface area contributed by atoms with Crippen molar-refractivity contribution in [3.63, 3.8) is 0 Å². The van der Waals surface area contributed by atoms with Crippen molar-refractivity contribution in [2.75, 3.05) is 13.1 Å². The number of hydrogen-bond donors (Lipinski definition) is 1. The maximum absolute atomic E-state index is 5.67. The molecule has 1 fully saturated rings. The molecule has 72 valence electrons. The minimum atomic E-state index is 0.568. The van der Waals surface area contributed by atoms with E-state index in [0.717, 1.165) is 19.1 Å². The van der Waals surface area contributed by atoms with Crippen LogP contribution in [0.2, 0.25) is 0 Å². The summed E-state index contributed by atoms with van der Waals surface area (Å²) in [4.78, 5) is 2.56. The molecule has 1 unspecified atom stereocenters. The van der Waals surface area contributed by atoms with E-state index in [-0.39, 0.29) is 0 Å². The van der Waals surface area contributed by atoms with E-state index in [1.54, 1.807) is 0 Å². The van der Waals surface area contributed by atoms with Crippen LogP contribution in [0.4, 0.5) is 0 Å². The minimum Gasteiger partial charge on any atom is -0.329 e. The van der Waals surface area contributed by atoms with E-state index in [4.69, 9.17) is 5.73 Å². The van der Waals surface area contributed by atoms with Crippen LogP contribution in [0.5, 0.6) is 0 Å². The van der Waals surface area contributed by atoms with Crippen LogP contribution >= 0.6 is 0 Å². The van der Waals surface area contributed by atoms with Crippen LogP contribution in [-0.4, -0.2) is 30.1 Å². The molecule has 2 N–H and O–H groups in total.